The maximum Gasteiger partial charge on any atom is 0.240 e. The normalized spacial score (nSPS) is 13.3. The standard InChI is InChI=1S/C13H17N3O2S2/c1-10(14)11-2-4-12(5-3-11)20(17,18)16-7-6-13-15-8-9-19-13/h2-5,8-10,16H,6-7,14H2,1H3. The number of hydrogen-bond acceptors (Lipinski definition) is 5. The first-order chi connectivity index (χ1) is 9.49. The third-order valence-corrected chi connectivity index (χ3v) is 5.15. The van der Waals surface area contributed by atoms with Gasteiger partial charge in [0.2, 0.25) is 10.0 Å². The molecule has 1 atom stereocenters. The molecule has 1 unspecified atom stereocenters. The fourth-order valence-corrected chi connectivity index (χ4v) is 3.35. The van der Waals surface area contributed by atoms with Gasteiger partial charge in [-0.3, -0.25) is 0 Å². The molecule has 3 N–H and O–H groups in total. The minimum Gasteiger partial charge on any atom is -0.324 e. The molecule has 5 nitrogen and oxygen atoms in total. The van der Waals surface area contributed by atoms with Crippen LogP contribution in [0.5, 0.6) is 0 Å². The summed E-state index contributed by atoms with van der Waals surface area (Å²) in [7, 11) is -3.47. The van der Waals surface area contributed by atoms with Gasteiger partial charge < -0.3 is 5.73 Å². The van der Waals surface area contributed by atoms with E-state index in [2.05, 4.69) is 9.71 Å². The SMILES string of the molecule is CC(N)c1ccc(S(=O)(=O)NCCc2nccs2)cc1. The van der Waals surface area contributed by atoms with Gasteiger partial charge in [0.15, 0.2) is 0 Å². The van der Waals surface area contributed by atoms with Crippen molar-refractivity contribution >= 4 is 21.4 Å². The summed E-state index contributed by atoms with van der Waals surface area (Å²) in [5, 5.41) is 2.79. The summed E-state index contributed by atoms with van der Waals surface area (Å²) in [6.45, 7) is 2.20. The Kier molecular flexibility index (Phi) is 4.87. The lowest BCUT2D eigenvalue weighted by atomic mass is 10.1. The largest absolute Gasteiger partial charge is 0.324 e. The van der Waals surface area contributed by atoms with Crippen LogP contribution in [0.15, 0.2) is 40.7 Å². The summed E-state index contributed by atoms with van der Waals surface area (Å²) >= 11 is 1.51. The minimum absolute atomic E-state index is 0.107. The fraction of sp³-hybridized carbons (Fsp3) is 0.308. The van der Waals surface area contributed by atoms with Crippen molar-refractivity contribution in [2.75, 3.05) is 6.54 Å². The van der Waals surface area contributed by atoms with E-state index >= 15 is 0 Å². The second kappa shape index (κ2) is 6.45. The Balaban J connectivity index is 1.99. The van der Waals surface area contributed by atoms with Crippen LogP contribution in [0.2, 0.25) is 0 Å². The van der Waals surface area contributed by atoms with Crippen LogP contribution < -0.4 is 10.5 Å². The second-order valence-electron chi connectivity index (χ2n) is 4.43. The highest BCUT2D eigenvalue weighted by Crippen LogP contribution is 2.14. The molecule has 2 aromatic rings. The molecule has 7 heteroatoms. The van der Waals surface area contributed by atoms with Crippen LogP contribution in [0.1, 0.15) is 23.5 Å². The Hall–Kier alpha value is -1.28. The minimum atomic E-state index is -3.47. The third-order valence-electron chi connectivity index (χ3n) is 2.83. The molecule has 1 heterocycles. The van der Waals surface area contributed by atoms with Crippen molar-refractivity contribution in [3.8, 4) is 0 Å². The highest BCUT2D eigenvalue weighted by Gasteiger charge is 2.13. The molecular formula is C13H17N3O2S2. The molecule has 2 rings (SSSR count). The van der Waals surface area contributed by atoms with Gasteiger partial charge in [0.1, 0.15) is 0 Å². The van der Waals surface area contributed by atoms with E-state index in [1.54, 1.807) is 30.5 Å². The number of sulfonamides is 1. The number of rotatable bonds is 6. The molecule has 0 saturated carbocycles. The zero-order valence-corrected chi connectivity index (χ0v) is 12.7. The molecule has 108 valence electrons. The van der Waals surface area contributed by atoms with Crippen LogP contribution in [0, 0.1) is 0 Å². The first kappa shape index (κ1) is 15.1. The topological polar surface area (TPSA) is 85.1 Å². The van der Waals surface area contributed by atoms with Gasteiger partial charge in [0.05, 0.1) is 9.90 Å². The van der Waals surface area contributed by atoms with Gasteiger partial charge in [-0.25, -0.2) is 18.1 Å². The Labute approximate surface area is 122 Å². The number of benzene rings is 1. The van der Waals surface area contributed by atoms with Crippen molar-refractivity contribution in [2.45, 2.75) is 24.3 Å². The quantitative estimate of drug-likeness (QED) is 0.850. The van der Waals surface area contributed by atoms with Gasteiger partial charge in [0.25, 0.3) is 0 Å². The summed E-state index contributed by atoms with van der Waals surface area (Å²) in [4.78, 5) is 4.36. The van der Waals surface area contributed by atoms with Crippen molar-refractivity contribution in [2.24, 2.45) is 5.73 Å². The Morgan fingerprint density at radius 3 is 2.60 bits per heavy atom. The van der Waals surface area contributed by atoms with Crippen molar-refractivity contribution < 1.29 is 8.42 Å². The highest BCUT2D eigenvalue weighted by atomic mass is 32.2. The molecule has 0 aliphatic rings. The predicted octanol–water partition coefficient (Wildman–Crippen LogP) is 1.68. The van der Waals surface area contributed by atoms with Crippen molar-refractivity contribution in [1.29, 1.82) is 0 Å². The Morgan fingerprint density at radius 1 is 1.35 bits per heavy atom. The van der Waals surface area contributed by atoms with E-state index in [9.17, 15) is 8.42 Å². The van der Waals surface area contributed by atoms with E-state index in [4.69, 9.17) is 5.73 Å². The van der Waals surface area contributed by atoms with Gasteiger partial charge >= 0.3 is 0 Å². The van der Waals surface area contributed by atoms with Crippen LogP contribution in [-0.2, 0) is 16.4 Å². The molecule has 20 heavy (non-hydrogen) atoms. The zero-order valence-electron chi connectivity index (χ0n) is 11.1. The lowest BCUT2D eigenvalue weighted by Gasteiger charge is -2.08. The molecule has 0 radical (unpaired) electrons. The van der Waals surface area contributed by atoms with Gasteiger partial charge in [-0.05, 0) is 24.6 Å². The fourth-order valence-electron chi connectivity index (χ4n) is 1.70. The molecule has 0 spiro atoms. The highest BCUT2D eigenvalue weighted by molar-refractivity contribution is 7.89. The van der Waals surface area contributed by atoms with Crippen molar-refractivity contribution in [1.82, 2.24) is 9.71 Å². The summed E-state index contributed by atoms with van der Waals surface area (Å²) in [6, 6.07) is 6.51. The van der Waals surface area contributed by atoms with E-state index < -0.39 is 10.0 Å². The monoisotopic (exact) mass is 311 g/mol. The van der Waals surface area contributed by atoms with E-state index in [1.165, 1.54) is 11.3 Å². The van der Waals surface area contributed by atoms with Crippen molar-refractivity contribution in [3.63, 3.8) is 0 Å². The molecule has 0 amide bonds. The lowest BCUT2D eigenvalue weighted by Crippen LogP contribution is -2.26. The van der Waals surface area contributed by atoms with Gasteiger partial charge in [-0.1, -0.05) is 12.1 Å². The van der Waals surface area contributed by atoms with E-state index in [0.29, 0.717) is 13.0 Å². The molecular weight excluding hydrogens is 294 g/mol. The number of hydrogen-bond donors (Lipinski definition) is 2. The summed E-state index contributed by atoms with van der Waals surface area (Å²) < 4.78 is 26.7. The Bertz CT molecular complexity index is 635. The van der Waals surface area contributed by atoms with Crippen LogP contribution in [0.25, 0.3) is 0 Å². The van der Waals surface area contributed by atoms with E-state index in [-0.39, 0.29) is 10.9 Å². The summed E-state index contributed by atoms with van der Waals surface area (Å²) in [5.74, 6) is 0. The maximum atomic E-state index is 12.1. The van der Waals surface area contributed by atoms with Gasteiger partial charge in [-0.15, -0.1) is 11.3 Å². The van der Waals surface area contributed by atoms with Gasteiger partial charge in [-0.2, -0.15) is 0 Å². The van der Waals surface area contributed by atoms with E-state index in [0.717, 1.165) is 10.6 Å². The molecule has 0 fully saturated rings. The van der Waals surface area contributed by atoms with Crippen LogP contribution in [0.3, 0.4) is 0 Å². The van der Waals surface area contributed by atoms with Crippen molar-refractivity contribution in [3.05, 3.63) is 46.4 Å². The lowest BCUT2D eigenvalue weighted by molar-refractivity contribution is 0.581. The number of thiazole rings is 1. The predicted molar refractivity (Wildman–Crippen MR) is 80.1 cm³/mol. The van der Waals surface area contributed by atoms with Crippen LogP contribution in [0.4, 0.5) is 0 Å². The zero-order chi connectivity index (χ0) is 14.6. The summed E-state index contributed by atoms with van der Waals surface area (Å²) in [6.07, 6.45) is 2.30. The number of nitrogens with two attached hydrogens (primary N) is 1. The molecule has 0 aliphatic carbocycles. The van der Waals surface area contributed by atoms with Crippen LogP contribution in [-0.4, -0.2) is 19.9 Å². The molecule has 1 aromatic heterocycles. The number of aromatic nitrogens is 1. The molecule has 0 bridgehead atoms. The molecule has 0 saturated heterocycles. The number of nitrogens with zero attached hydrogens (tertiary/aromatic N) is 1. The average Bonchev–Trinajstić information content (AvgIpc) is 2.92. The summed E-state index contributed by atoms with van der Waals surface area (Å²) in [5.41, 5.74) is 6.65. The molecule has 0 aliphatic heterocycles. The maximum absolute atomic E-state index is 12.1. The average molecular weight is 311 g/mol. The smallest absolute Gasteiger partial charge is 0.240 e. The second-order valence-corrected chi connectivity index (χ2v) is 7.18. The van der Waals surface area contributed by atoms with Crippen LogP contribution >= 0.6 is 11.3 Å². The first-order valence-corrected chi connectivity index (χ1v) is 8.59. The first-order valence-electron chi connectivity index (χ1n) is 6.22. The molecule has 1 aromatic carbocycles. The number of nitrogens with one attached hydrogen (secondary N) is 1. The third kappa shape index (κ3) is 3.86. The van der Waals surface area contributed by atoms with E-state index in [1.807, 2.05) is 12.3 Å². The van der Waals surface area contributed by atoms with Gasteiger partial charge in [0, 0.05) is 30.6 Å². The Morgan fingerprint density at radius 2 is 2.05 bits per heavy atom.